The molecule has 22 heavy (non-hydrogen) atoms. The molecule has 1 heterocycles. The van der Waals surface area contributed by atoms with Gasteiger partial charge in [-0.3, -0.25) is 4.79 Å². The quantitative estimate of drug-likeness (QED) is 0.884. The van der Waals surface area contributed by atoms with Crippen LogP contribution in [-0.4, -0.2) is 22.0 Å². The van der Waals surface area contributed by atoms with Crippen LogP contribution >= 0.6 is 0 Å². The maximum atomic E-state index is 12.6. The zero-order valence-corrected chi connectivity index (χ0v) is 12.6. The Balaban J connectivity index is 1.96. The van der Waals surface area contributed by atoms with Crippen LogP contribution in [-0.2, 0) is 16.9 Å². The maximum Gasteiger partial charge on any atom is 0.253 e. The number of nitrogens with zero attached hydrogens (tertiary/aromatic N) is 1. The smallest absolute Gasteiger partial charge is 0.253 e. The van der Waals surface area contributed by atoms with Gasteiger partial charge in [0.05, 0.1) is 6.04 Å². The Morgan fingerprint density at radius 3 is 2.23 bits per heavy atom. The van der Waals surface area contributed by atoms with E-state index in [1.807, 2.05) is 67.6 Å². The number of carbonyl (C=O) groups excluding carboxylic acids is 1. The number of aliphatic hydroxyl groups is 1. The van der Waals surface area contributed by atoms with Crippen LogP contribution in [0.25, 0.3) is 0 Å². The van der Waals surface area contributed by atoms with Gasteiger partial charge in [0.15, 0.2) is 0 Å². The van der Waals surface area contributed by atoms with Gasteiger partial charge in [0.2, 0.25) is 0 Å². The third kappa shape index (κ3) is 2.14. The molecule has 3 nitrogen and oxygen atoms in total. The van der Waals surface area contributed by atoms with Crippen molar-refractivity contribution in [1.82, 2.24) is 4.90 Å². The third-order valence-electron chi connectivity index (χ3n) is 4.46. The SMILES string of the molecule is C=C1C(=O)N(Cc2ccccc2)[C@@H](C)[C@]1(O)c1ccccc1. The largest absolute Gasteiger partial charge is 0.378 e. The molecule has 0 radical (unpaired) electrons. The van der Waals surface area contributed by atoms with Crippen molar-refractivity contribution in [2.75, 3.05) is 0 Å². The predicted molar refractivity (Wildman–Crippen MR) is 85.9 cm³/mol. The summed E-state index contributed by atoms with van der Waals surface area (Å²) in [4.78, 5) is 14.3. The molecule has 0 saturated carbocycles. The van der Waals surface area contributed by atoms with Crippen LogP contribution in [0.15, 0.2) is 72.8 Å². The minimum Gasteiger partial charge on any atom is -0.378 e. The second kappa shape index (κ2) is 5.43. The highest BCUT2D eigenvalue weighted by Crippen LogP contribution is 2.42. The molecule has 0 aromatic heterocycles. The summed E-state index contributed by atoms with van der Waals surface area (Å²) in [5.41, 5.74) is 0.638. The first kappa shape index (κ1) is 14.5. The molecular weight excluding hydrogens is 274 g/mol. The lowest BCUT2D eigenvalue weighted by Gasteiger charge is -2.31. The summed E-state index contributed by atoms with van der Waals surface area (Å²) in [6, 6.07) is 18.7. The molecule has 0 spiro atoms. The molecule has 1 N–H and O–H groups in total. The fourth-order valence-electron chi connectivity index (χ4n) is 3.09. The average molecular weight is 293 g/mol. The number of benzene rings is 2. The van der Waals surface area contributed by atoms with Crippen LogP contribution in [0.1, 0.15) is 18.1 Å². The fourth-order valence-corrected chi connectivity index (χ4v) is 3.09. The minimum atomic E-state index is -1.34. The van der Waals surface area contributed by atoms with Crippen molar-refractivity contribution in [3.63, 3.8) is 0 Å². The molecule has 0 unspecified atom stereocenters. The summed E-state index contributed by atoms with van der Waals surface area (Å²) in [7, 11) is 0. The Morgan fingerprint density at radius 2 is 1.64 bits per heavy atom. The fraction of sp³-hybridized carbons (Fsp3) is 0.211. The molecule has 2 aromatic carbocycles. The summed E-state index contributed by atoms with van der Waals surface area (Å²) < 4.78 is 0. The lowest BCUT2D eigenvalue weighted by molar-refractivity contribution is -0.126. The Labute approximate surface area is 130 Å². The van der Waals surface area contributed by atoms with E-state index in [0.29, 0.717) is 12.1 Å². The molecular formula is C19H19NO2. The third-order valence-corrected chi connectivity index (χ3v) is 4.46. The van der Waals surface area contributed by atoms with Gasteiger partial charge < -0.3 is 10.0 Å². The minimum absolute atomic E-state index is 0.192. The van der Waals surface area contributed by atoms with Gasteiger partial charge in [0, 0.05) is 12.1 Å². The predicted octanol–water partition coefficient (Wildman–Crippen LogP) is 2.86. The Kier molecular flexibility index (Phi) is 3.59. The van der Waals surface area contributed by atoms with Crippen LogP contribution in [0, 0.1) is 0 Å². The molecule has 1 aliphatic rings. The van der Waals surface area contributed by atoms with Crippen molar-refractivity contribution >= 4 is 5.91 Å². The van der Waals surface area contributed by atoms with E-state index >= 15 is 0 Å². The first-order valence-corrected chi connectivity index (χ1v) is 7.37. The van der Waals surface area contributed by atoms with Gasteiger partial charge in [-0.2, -0.15) is 0 Å². The first-order chi connectivity index (χ1) is 10.5. The van der Waals surface area contributed by atoms with Crippen molar-refractivity contribution in [3.8, 4) is 0 Å². The molecule has 2 atom stereocenters. The standard InChI is InChI=1S/C19H19NO2/c1-14-18(21)20(13-16-9-5-3-6-10-16)15(2)19(14,22)17-11-7-4-8-12-17/h3-12,15,22H,1,13H2,2H3/t15-,19-/m0/s1. The Bertz CT molecular complexity index is 696. The summed E-state index contributed by atoms with van der Waals surface area (Å²) in [6.45, 7) is 6.20. The highest BCUT2D eigenvalue weighted by Gasteiger charge is 2.52. The molecule has 1 saturated heterocycles. The Morgan fingerprint density at radius 1 is 1.09 bits per heavy atom. The van der Waals surface area contributed by atoms with Crippen LogP contribution in [0.3, 0.4) is 0 Å². The molecule has 2 aromatic rings. The lowest BCUT2D eigenvalue weighted by atomic mass is 9.84. The zero-order chi connectivity index (χ0) is 15.7. The van der Waals surface area contributed by atoms with E-state index in [0.717, 1.165) is 5.56 Å². The van der Waals surface area contributed by atoms with E-state index in [-0.39, 0.29) is 17.5 Å². The number of hydrogen-bond acceptors (Lipinski definition) is 2. The molecule has 112 valence electrons. The monoisotopic (exact) mass is 293 g/mol. The van der Waals surface area contributed by atoms with E-state index in [1.165, 1.54) is 0 Å². The highest BCUT2D eigenvalue weighted by atomic mass is 16.3. The van der Waals surface area contributed by atoms with Crippen molar-refractivity contribution < 1.29 is 9.90 Å². The van der Waals surface area contributed by atoms with E-state index in [4.69, 9.17) is 0 Å². The van der Waals surface area contributed by atoms with E-state index in [1.54, 1.807) is 4.90 Å². The second-order valence-electron chi connectivity index (χ2n) is 5.71. The van der Waals surface area contributed by atoms with Crippen LogP contribution in [0.5, 0.6) is 0 Å². The number of amides is 1. The van der Waals surface area contributed by atoms with Crippen LogP contribution in [0.2, 0.25) is 0 Å². The normalized spacial score (nSPS) is 24.8. The summed E-state index contributed by atoms with van der Waals surface area (Å²) >= 11 is 0. The molecule has 1 fully saturated rings. The van der Waals surface area contributed by atoms with Gasteiger partial charge in [-0.15, -0.1) is 0 Å². The first-order valence-electron chi connectivity index (χ1n) is 7.37. The molecule has 0 aliphatic carbocycles. The summed E-state index contributed by atoms with van der Waals surface area (Å²) in [5.74, 6) is -0.192. The molecule has 1 amide bonds. The van der Waals surface area contributed by atoms with Crippen molar-refractivity contribution in [3.05, 3.63) is 83.9 Å². The average Bonchev–Trinajstić information content (AvgIpc) is 2.73. The van der Waals surface area contributed by atoms with Gasteiger partial charge in [-0.1, -0.05) is 67.2 Å². The van der Waals surface area contributed by atoms with Gasteiger partial charge in [-0.25, -0.2) is 0 Å². The number of likely N-dealkylation sites (tertiary alicyclic amines) is 1. The molecule has 1 aliphatic heterocycles. The van der Waals surface area contributed by atoms with Crippen molar-refractivity contribution in [2.24, 2.45) is 0 Å². The van der Waals surface area contributed by atoms with E-state index in [9.17, 15) is 9.90 Å². The van der Waals surface area contributed by atoms with Gasteiger partial charge >= 0.3 is 0 Å². The van der Waals surface area contributed by atoms with Gasteiger partial charge in [-0.05, 0) is 18.1 Å². The van der Waals surface area contributed by atoms with Crippen molar-refractivity contribution in [1.29, 1.82) is 0 Å². The number of carbonyl (C=O) groups is 1. The molecule has 3 heteroatoms. The highest BCUT2D eigenvalue weighted by molar-refractivity contribution is 5.98. The second-order valence-corrected chi connectivity index (χ2v) is 5.71. The van der Waals surface area contributed by atoms with Crippen LogP contribution in [0.4, 0.5) is 0 Å². The Hall–Kier alpha value is -2.39. The maximum absolute atomic E-state index is 12.6. The van der Waals surface area contributed by atoms with E-state index in [2.05, 4.69) is 6.58 Å². The van der Waals surface area contributed by atoms with Gasteiger partial charge in [0.25, 0.3) is 5.91 Å². The molecule has 0 bridgehead atoms. The van der Waals surface area contributed by atoms with Crippen LogP contribution < -0.4 is 0 Å². The number of rotatable bonds is 3. The van der Waals surface area contributed by atoms with Crippen molar-refractivity contribution in [2.45, 2.75) is 25.1 Å². The van der Waals surface area contributed by atoms with Gasteiger partial charge in [0.1, 0.15) is 5.60 Å². The van der Waals surface area contributed by atoms with E-state index < -0.39 is 5.60 Å². The zero-order valence-electron chi connectivity index (χ0n) is 12.6. The topological polar surface area (TPSA) is 40.5 Å². The lowest BCUT2D eigenvalue weighted by Crippen LogP contribution is -2.40. The number of hydrogen-bond donors (Lipinski definition) is 1. The summed E-state index contributed by atoms with van der Waals surface area (Å²) in [5, 5.41) is 11.2. The summed E-state index contributed by atoms with van der Waals surface area (Å²) in [6.07, 6.45) is 0. The molecule has 3 rings (SSSR count).